The summed E-state index contributed by atoms with van der Waals surface area (Å²) < 4.78 is 5.99. The molecule has 0 aliphatic heterocycles. The third kappa shape index (κ3) is 3.95. The van der Waals surface area contributed by atoms with Crippen molar-refractivity contribution in [1.29, 1.82) is 0 Å². The van der Waals surface area contributed by atoms with E-state index in [2.05, 4.69) is 26.6 Å². The number of aromatic amines is 1. The Hall–Kier alpha value is -3.12. The van der Waals surface area contributed by atoms with Crippen LogP contribution in [0.15, 0.2) is 59.0 Å². The maximum atomic E-state index is 12.3. The van der Waals surface area contributed by atoms with Crippen molar-refractivity contribution in [3.05, 3.63) is 82.7 Å². The monoisotopic (exact) mass is 434 g/mol. The molecule has 0 atom stereocenters. The summed E-state index contributed by atoms with van der Waals surface area (Å²) in [6.45, 7) is 0.461. The minimum atomic E-state index is -0.228. The Morgan fingerprint density at radius 2 is 1.94 bits per heavy atom. The van der Waals surface area contributed by atoms with Gasteiger partial charge in [-0.3, -0.25) is 4.79 Å². The third-order valence-electron chi connectivity index (χ3n) is 6.11. The summed E-state index contributed by atoms with van der Waals surface area (Å²) in [6.07, 6.45) is 3.79. The highest BCUT2D eigenvalue weighted by Crippen LogP contribution is 2.48. The van der Waals surface area contributed by atoms with Crippen LogP contribution in [0.5, 0.6) is 0 Å². The summed E-state index contributed by atoms with van der Waals surface area (Å²) in [7, 11) is 0. The van der Waals surface area contributed by atoms with Gasteiger partial charge in [-0.15, -0.1) is 10.2 Å². The van der Waals surface area contributed by atoms with Crippen LogP contribution in [-0.2, 0) is 23.2 Å². The normalized spacial score (nSPS) is 15.0. The van der Waals surface area contributed by atoms with Crippen molar-refractivity contribution in [2.45, 2.75) is 44.1 Å². The van der Waals surface area contributed by atoms with Gasteiger partial charge in [-0.1, -0.05) is 48.4 Å². The molecule has 31 heavy (non-hydrogen) atoms. The molecule has 1 aliphatic rings. The fraction of sp³-hybridized carbons (Fsp3) is 0.292. The number of nitrogens with zero attached hydrogens (tertiary/aromatic N) is 2. The van der Waals surface area contributed by atoms with Crippen LogP contribution in [-0.4, -0.2) is 21.1 Å². The van der Waals surface area contributed by atoms with Gasteiger partial charge in [0.2, 0.25) is 17.7 Å². The van der Waals surface area contributed by atoms with Crippen LogP contribution in [0.4, 0.5) is 0 Å². The highest BCUT2D eigenvalue weighted by Gasteiger charge is 2.45. The van der Waals surface area contributed by atoms with E-state index in [0.29, 0.717) is 36.2 Å². The number of nitrogens with one attached hydrogen (secondary N) is 2. The van der Waals surface area contributed by atoms with Gasteiger partial charge in [0.15, 0.2) is 0 Å². The predicted molar refractivity (Wildman–Crippen MR) is 119 cm³/mol. The molecule has 0 saturated heterocycles. The second kappa shape index (κ2) is 8.19. The fourth-order valence-electron chi connectivity index (χ4n) is 4.20. The number of amides is 1. The first-order valence-electron chi connectivity index (χ1n) is 10.5. The summed E-state index contributed by atoms with van der Waals surface area (Å²) >= 11 is 6.04. The highest BCUT2D eigenvalue weighted by atomic mass is 35.5. The van der Waals surface area contributed by atoms with Gasteiger partial charge in [0.05, 0.1) is 12.0 Å². The van der Waals surface area contributed by atoms with Crippen molar-refractivity contribution >= 4 is 28.4 Å². The van der Waals surface area contributed by atoms with Gasteiger partial charge in [-0.05, 0) is 48.1 Å². The lowest BCUT2D eigenvalue weighted by atomic mass is 9.64. The van der Waals surface area contributed by atoms with Gasteiger partial charge in [0.25, 0.3) is 0 Å². The molecule has 0 spiro atoms. The predicted octanol–water partition coefficient (Wildman–Crippen LogP) is 4.92. The molecule has 2 N–H and O–H groups in total. The average molecular weight is 435 g/mol. The maximum Gasteiger partial charge on any atom is 0.227 e. The molecule has 0 bridgehead atoms. The Morgan fingerprint density at radius 1 is 1.13 bits per heavy atom. The molecule has 6 nitrogen and oxygen atoms in total. The van der Waals surface area contributed by atoms with E-state index >= 15 is 0 Å². The molecule has 5 rings (SSSR count). The van der Waals surface area contributed by atoms with Crippen LogP contribution in [0.2, 0.25) is 5.02 Å². The standard InChI is InChI=1S/C24H23ClN4O2/c25-18-8-6-17(7-9-18)24(12-3-13-24)23-29-28-22(31-23)11-10-21(30)26-15-19-14-16-4-1-2-5-20(16)27-19/h1-2,4-9,14,27H,3,10-13,15H2,(H,26,30). The minimum absolute atomic E-state index is 0.0468. The van der Waals surface area contributed by atoms with E-state index in [1.165, 1.54) is 0 Å². The molecule has 1 aliphatic carbocycles. The van der Waals surface area contributed by atoms with Crippen LogP contribution < -0.4 is 5.32 Å². The Labute approximate surface area is 185 Å². The zero-order valence-corrected chi connectivity index (χ0v) is 17.8. The van der Waals surface area contributed by atoms with E-state index in [1.54, 1.807) is 0 Å². The zero-order chi connectivity index (χ0) is 21.3. The lowest BCUT2D eigenvalue weighted by Gasteiger charge is -2.39. The SMILES string of the molecule is O=C(CCc1nnc(C2(c3ccc(Cl)cc3)CCC2)o1)NCc1cc2ccccc2[nH]1. The molecular formula is C24H23ClN4O2. The second-order valence-electron chi connectivity index (χ2n) is 8.10. The molecule has 4 aromatic rings. The van der Waals surface area contributed by atoms with Crippen LogP contribution in [0.25, 0.3) is 10.9 Å². The van der Waals surface area contributed by atoms with Gasteiger partial charge in [0.1, 0.15) is 0 Å². The topological polar surface area (TPSA) is 83.8 Å². The molecule has 0 unspecified atom stereocenters. The Morgan fingerprint density at radius 3 is 2.68 bits per heavy atom. The van der Waals surface area contributed by atoms with Gasteiger partial charge >= 0.3 is 0 Å². The molecule has 1 saturated carbocycles. The van der Waals surface area contributed by atoms with Crippen LogP contribution in [0.1, 0.15) is 48.7 Å². The Kier molecular flexibility index (Phi) is 5.24. The van der Waals surface area contributed by atoms with Crippen molar-refractivity contribution < 1.29 is 9.21 Å². The first-order valence-corrected chi connectivity index (χ1v) is 10.9. The maximum absolute atomic E-state index is 12.3. The molecule has 158 valence electrons. The molecule has 2 aromatic carbocycles. The van der Waals surface area contributed by atoms with E-state index in [9.17, 15) is 4.79 Å². The first-order chi connectivity index (χ1) is 15.1. The Bertz CT molecular complexity index is 1170. The van der Waals surface area contributed by atoms with Gasteiger partial charge in [0, 0.05) is 29.1 Å². The van der Waals surface area contributed by atoms with Crippen LogP contribution in [0, 0.1) is 0 Å². The quantitative estimate of drug-likeness (QED) is 0.432. The van der Waals surface area contributed by atoms with E-state index in [1.807, 2.05) is 48.5 Å². The summed E-state index contributed by atoms with van der Waals surface area (Å²) in [5, 5.41) is 13.3. The molecule has 7 heteroatoms. The van der Waals surface area contributed by atoms with Crippen molar-refractivity contribution in [1.82, 2.24) is 20.5 Å². The number of carbonyl (C=O) groups is 1. The molecule has 1 fully saturated rings. The van der Waals surface area contributed by atoms with E-state index in [0.717, 1.165) is 41.4 Å². The van der Waals surface area contributed by atoms with E-state index < -0.39 is 0 Å². The highest BCUT2D eigenvalue weighted by molar-refractivity contribution is 6.30. The number of para-hydroxylation sites is 1. The van der Waals surface area contributed by atoms with E-state index in [4.69, 9.17) is 16.0 Å². The molecule has 1 amide bonds. The number of carbonyl (C=O) groups excluding carboxylic acids is 1. The van der Waals surface area contributed by atoms with Crippen molar-refractivity contribution in [3.63, 3.8) is 0 Å². The van der Waals surface area contributed by atoms with Crippen molar-refractivity contribution in [2.24, 2.45) is 0 Å². The minimum Gasteiger partial charge on any atom is -0.424 e. The first kappa shape index (κ1) is 19.8. The molecule has 0 radical (unpaired) electrons. The van der Waals surface area contributed by atoms with Gasteiger partial charge in [-0.25, -0.2) is 0 Å². The zero-order valence-electron chi connectivity index (χ0n) is 17.0. The lowest BCUT2D eigenvalue weighted by Crippen LogP contribution is -2.35. The third-order valence-corrected chi connectivity index (χ3v) is 6.36. The number of benzene rings is 2. The van der Waals surface area contributed by atoms with Crippen molar-refractivity contribution in [2.75, 3.05) is 0 Å². The lowest BCUT2D eigenvalue weighted by molar-refractivity contribution is -0.121. The van der Waals surface area contributed by atoms with Gasteiger partial charge < -0.3 is 14.7 Å². The second-order valence-corrected chi connectivity index (χ2v) is 8.54. The largest absolute Gasteiger partial charge is 0.424 e. The van der Waals surface area contributed by atoms with E-state index in [-0.39, 0.29) is 11.3 Å². The molecule has 2 heterocycles. The number of H-pyrrole nitrogens is 1. The molecule has 2 aromatic heterocycles. The number of hydrogen-bond acceptors (Lipinski definition) is 4. The summed E-state index contributed by atoms with van der Waals surface area (Å²) in [4.78, 5) is 15.6. The number of rotatable bonds is 7. The number of hydrogen-bond donors (Lipinski definition) is 2. The fourth-order valence-corrected chi connectivity index (χ4v) is 4.33. The Balaban J connectivity index is 1.18. The number of aromatic nitrogens is 3. The summed E-state index contributed by atoms with van der Waals surface area (Å²) in [6, 6.07) is 18.0. The summed E-state index contributed by atoms with van der Waals surface area (Å²) in [5.74, 6) is 1.08. The van der Waals surface area contributed by atoms with Crippen LogP contribution in [0.3, 0.4) is 0 Å². The smallest absolute Gasteiger partial charge is 0.227 e. The van der Waals surface area contributed by atoms with Gasteiger partial charge in [-0.2, -0.15) is 0 Å². The average Bonchev–Trinajstić information content (AvgIpc) is 3.38. The molecular weight excluding hydrogens is 412 g/mol. The number of aryl methyl sites for hydroxylation is 1. The van der Waals surface area contributed by atoms with Crippen LogP contribution >= 0.6 is 11.6 Å². The number of fused-ring (bicyclic) bond motifs is 1. The number of halogens is 1. The summed E-state index contributed by atoms with van der Waals surface area (Å²) in [5.41, 5.74) is 2.96. The van der Waals surface area contributed by atoms with Crippen molar-refractivity contribution in [3.8, 4) is 0 Å².